The molecule has 24 nitrogen and oxygen atoms in total. The minimum Gasteiger partial charge on any atom is -0.477 e. The molecule has 18 atom stereocenters. The summed E-state index contributed by atoms with van der Waals surface area (Å²) in [6.45, 7) is 0.254. The zero-order valence-electron chi connectivity index (χ0n) is 37.1. The Labute approximate surface area is 377 Å². The molecule has 0 radical (unpaired) electrons. The van der Waals surface area contributed by atoms with Crippen LogP contribution in [0.1, 0.15) is 97.3 Å². The lowest BCUT2D eigenvalue weighted by Gasteiger charge is -2.50. The van der Waals surface area contributed by atoms with Gasteiger partial charge in [-0.05, 0) is 18.4 Å². The van der Waals surface area contributed by atoms with Gasteiger partial charge >= 0.3 is 5.97 Å². The predicted molar refractivity (Wildman–Crippen MR) is 225 cm³/mol. The number of carbonyl (C=O) groups is 2. The van der Waals surface area contributed by atoms with Crippen molar-refractivity contribution in [2.45, 2.75) is 207 Å². The van der Waals surface area contributed by atoms with E-state index in [4.69, 9.17) is 39.7 Å². The number of aliphatic carboxylic acids is 1. The number of carboxylic acids is 1. The number of nitrogens with two attached hydrogens (primary N) is 1. The van der Waals surface area contributed by atoms with Crippen LogP contribution in [-0.4, -0.2) is 204 Å². The summed E-state index contributed by atoms with van der Waals surface area (Å²) >= 11 is 0. The van der Waals surface area contributed by atoms with Gasteiger partial charge in [-0.15, -0.1) is 0 Å². The van der Waals surface area contributed by atoms with E-state index in [9.17, 15) is 65.8 Å². The molecule has 1 amide bonds. The van der Waals surface area contributed by atoms with Crippen molar-refractivity contribution in [1.82, 2.24) is 5.32 Å². The monoisotopic (exact) mass is 939 g/mol. The molecule has 3 aliphatic heterocycles. The second kappa shape index (κ2) is 28.6. The number of carboxylic acid groups (broad SMARTS) is 1. The van der Waals surface area contributed by atoms with Crippen LogP contribution in [0.25, 0.3) is 10.4 Å². The van der Waals surface area contributed by atoms with Gasteiger partial charge in [0.25, 0.3) is 5.79 Å². The molecular formula is C41H73N5O19. The summed E-state index contributed by atoms with van der Waals surface area (Å²) in [6.07, 6.45) is -11.6. The van der Waals surface area contributed by atoms with E-state index < -0.39 is 148 Å². The summed E-state index contributed by atoms with van der Waals surface area (Å²) in [5.74, 6) is -5.83. The van der Waals surface area contributed by atoms with E-state index in [1.54, 1.807) is 6.08 Å². The van der Waals surface area contributed by atoms with Crippen molar-refractivity contribution in [2.24, 2.45) is 10.8 Å². The Kier molecular flexibility index (Phi) is 24.9. The Balaban J connectivity index is 1.64. The van der Waals surface area contributed by atoms with Gasteiger partial charge in [-0.25, -0.2) is 4.79 Å². The van der Waals surface area contributed by atoms with Gasteiger partial charge in [0.2, 0.25) is 5.91 Å². The summed E-state index contributed by atoms with van der Waals surface area (Å²) in [7, 11) is 0. The maximum atomic E-state index is 12.9. The van der Waals surface area contributed by atoms with Crippen LogP contribution in [0, 0.1) is 0 Å². The predicted octanol–water partition coefficient (Wildman–Crippen LogP) is -1.94. The number of unbranched alkanes of at least 4 members (excludes halogenated alkanes) is 11. The van der Waals surface area contributed by atoms with E-state index >= 15 is 0 Å². The second-order valence-electron chi connectivity index (χ2n) is 16.9. The Hall–Kier alpha value is -2.69. The van der Waals surface area contributed by atoms with Gasteiger partial charge in [0, 0.05) is 18.3 Å². The van der Waals surface area contributed by atoms with Gasteiger partial charge in [0.1, 0.15) is 61.0 Å². The van der Waals surface area contributed by atoms with Crippen LogP contribution in [0.15, 0.2) is 17.3 Å². The molecule has 0 aromatic rings. The van der Waals surface area contributed by atoms with Crippen molar-refractivity contribution in [2.75, 3.05) is 26.4 Å². The first kappa shape index (κ1) is 56.6. The molecule has 0 spiro atoms. The van der Waals surface area contributed by atoms with Crippen molar-refractivity contribution in [1.29, 1.82) is 0 Å². The third-order valence-electron chi connectivity index (χ3n) is 11.8. The molecule has 24 heteroatoms. The van der Waals surface area contributed by atoms with Crippen LogP contribution >= 0.6 is 0 Å². The van der Waals surface area contributed by atoms with Gasteiger partial charge in [-0.1, -0.05) is 88.4 Å². The number of ether oxygens (including phenoxy) is 6. The lowest BCUT2D eigenvalue weighted by molar-refractivity contribution is -0.386. The van der Waals surface area contributed by atoms with Crippen molar-refractivity contribution in [3.8, 4) is 0 Å². The standard InChI is InChI=1S/C41H73N5O19/c1-3-4-5-6-7-8-9-10-11-12-13-14-15-16-24(50)23(42)21-60-38-33(56)32(55)35(28(20-48)62-38)63-39-34(57)37(31(54)27(19-47)61-39)65-41(40(58)59)17-25(51)29(45-22(2)49)36(64-41)30(53)26(52)18-44-46-43/h15-16,23-39,47-48,50-57H,3-14,17-21,42H2,1-2H3,(H,45,49)(H,58,59)/b16-15+/t23-,24+,25+,26+,27?,28?,29+,30+,31-,32?,33?,34?,35+,36?,37?,38+,39-,41-/m0/s1. The lowest BCUT2D eigenvalue weighted by Crippen LogP contribution is -2.70. The smallest absolute Gasteiger partial charge is 0.364 e. The molecule has 14 N–H and O–H groups in total. The van der Waals surface area contributed by atoms with Crippen LogP contribution < -0.4 is 11.1 Å². The zero-order valence-corrected chi connectivity index (χ0v) is 37.1. The van der Waals surface area contributed by atoms with E-state index in [0.29, 0.717) is 0 Å². The number of nitrogens with zero attached hydrogens (tertiary/aromatic N) is 3. The molecule has 7 unspecified atom stereocenters. The van der Waals surface area contributed by atoms with Gasteiger partial charge < -0.3 is 95.6 Å². The van der Waals surface area contributed by atoms with Crippen molar-refractivity contribution in [3.63, 3.8) is 0 Å². The molecule has 0 aromatic heterocycles. The van der Waals surface area contributed by atoms with Crippen LogP contribution in [0.5, 0.6) is 0 Å². The molecule has 3 heterocycles. The van der Waals surface area contributed by atoms with Crippen molar-refractivity contribution >= 4 is 11.9 Å². The number of amides is 1. The largest absolute Gasteiger partial charge is 0.477 e. The first-order valence-corrected chi connectivity index (χ1v) is 22.5. The Morgan fingerprint density at radius 2 is 1.48 bits per heavy atom. The zero-order chi connectivity index (χ0) is 48.3. The number of allylic oxidation sites excluding steroid dienone is 1. The Morgan fingerprint density at radius 1 is 0.877 bits per heavy atom. The van der Waals surface area contributed by atoms with E-state index in [2.05, 4.69) is 22.3 Å². The van der Waals surface area contributed by atoms with Crippen LogP contribution in [-0.2, 0) is 38.0 Å². The molecule has 3 aliphatic rings. The van der Waals surface area contributed by atoms with Crippen LogP contribution in [0.2, 0.25) is 0 Å². The summed E-state index contributed by atoms with van der Waals surface area (Å²) < 4.78 is 33.9. The minimum absolute atomic E-state index is 0.361. The summed E-state index contributed by atoms with van der Waals surface area (Å²) in [5.41, 5.74) is 14.8. The Bertz CT molecular complexity index is 1480. The number of hydrogen-bond donors (Lipinski definition) is 13. The number of nitrogens with one attached hydrogen (secondary N) is 1. The van der Waals surface area contributed by atoms with E-state index in [1.165, 1.54) is 51.4 Å². The molecule has 376 valence electrons. The first-order chi connectivity index (χ1) is 31.0. The molecule has 0 aromatic carbocycles. The average molecular weight is 940 g/mol. The average Bonchev–Trinajstić information content (AvgIpc) is 3.27. The van der Waals surface area contributed by atoms with Gasteiger partial charge in [-0.2, -0.15) is 0 Å². The quantitative estimate of drug-likeness (QED) is 0.0128. The maximum absolute atomic E-state index is 12.9. The molecule has 3 saturated heterocycles. The number of hydrogen-bond acceptors (Lipinski definition) is 20. The first-order valence-electron chi connectivity index (χ1n) is 22.5. The fraction of sp³-hybridized carbons (Fsp3) is 0.902. The lowest BCUT2D eigenvalue weighted by atomic mass is 9.88. The third kappa shape index (κ3) is 16.5. The van der Waals surface area contributed by atoms with Gasteiger partial charge in [0.15, 0.2) is 12.6 Å². The highest BCUT2D eigenvalue weighted by molar-refractivity contribution is 5.76. The van der Waals surface area contributed by atoms with Crippen LogP contribution in [0.4, 0.5) is 0 Å². The highest BCUT2D eigenvalue weighted by atomic mass is 16.8. The number of aliphatic hydroxyl groups excluding tert-OH is 10. The highest BCUT2D eigenvalue weighted by Crippen LogP contribution is 2.38. The molecule has 0 bridgehead atoms. The summed E-state index contributed by atoms with van der Waals surface area (Å²) in [5, 5.41) is 124. The molecule has 65 heavy (non-hydrogen) atoms. The van der Waals surface area contributed by atoms with E-state index in [1.807, 2.05) is 6.08 Å². The van der Waals surface area contributed by atoms with E-state index in [-0.39, 0.29) is 6.61 Å². The number of rotatable bonds is 29. The summed E-state index contributed by atoms with van der Waals surface area (Å²) in [6, 6.07) is -2.57. The van der Waals surface area contributed by atoms with Gasteiger partial charge in [-0.3, -0.25) is 4.79 Å². The second-order valence-corrected chi connectivity index (χ2v) is 16.9. The molecule has 3 rings (SSSR count). The summed E-state index contributed by atoms with van der Waals surface area (Å²) in [4.78, 5) is 27.3. The number of carbonyl (C=O) groups excluding carboxylic acids is 1. The topological polar surface area (TPSA) is 399 Å². The Morgan fingerprint density at radius 3 is 2.05 bits per heavy atom. The SMILES string of the molecule is CCCCCCCCCCCCC/C=C/[C@@H](O)[C@@H](N)CO[C@@H]1OC(CO)[C@@H](O[C@@H]2OC(CO)[C@H](O)C(O[C@]3(C(=O)O)C[C@@H](O)[C@@H](NC(C)=O)C([C@H](O)[C@H](O)CN=[N+]=[N-])O3)C2O)C(O)C1O. The highest BCUT2D eigenvalue weighted by Gasteiger charge is 2.60. The molecule has 3 fully saturated rings. The molecular weight excluding hydrogens is 866 g/mol. The van der Waals surface area contributed by atoms with E-state index in [0.717, 1.165) is 32.6 Å². The number of azide groups is 1. The van der Waals surface area contributed by atoms with Gasteiger partial charge in [0.05, 0.1) is 56.8 Å². The van der Waals surface area contributed by atoms with Crippen molar-refractivity contribution in [3.05, 3.63) is 22.6 Å². The molecule has 0 aliphatic carbocycles. The minimum atomic E-state index is -3.08. The normalized spacial score (nSPS) is 34.9. The van der Waals surface area contributed by atoms with Crippen molar-refractivity contribution < 1.29 is 94.2 Å². The fourth-order valence-electron chi connectivity index (χ4n) is 8.02. The fourth-order valence-corrected chi connectivity index (χ4v) is 8.02. The van der Waals surface area contributed by atoms with Crippen LogP contribution in [0.3, 0.4) is 0 Å². The maximum Gasteiger partial charge on any atom is 0.364 e. The molecule has 0 saturated carbocycles. The third-order valence-corrected chi connectivity index (χ3v) is 11.8. The number of aliphatic hydroxyl groups is 10.